The molecule has 1 aromatic carbocycles. The van der Waals surface area contributed by atoms with Crippen molar-refractivity contribution in [1.82, 2.24) is 0 Å². The molecule has 60 valence electrons. The molecule has 0 N–H and O–H groups in total. The Kier molecular flexibility index (Phi) is 2.77. The van der Waals surface area contributed by atoms with E-state index in [0.29, 0.717) is 0 Å². The molecule has 0 bridgehead atoms. The number of hydrogen-bond donors (Lipinski definition) is 0. The van der Waals surface area contributed by atoms with Crippen LogP contribution in [0.25, 0.3) is 0 Å². The molecule has 0 saturated heterocycles. The predicted molar refractivity (Wildman–Crippen MR) is 47.3 cm³/mol. The molecule has 0 heterocycles. The molecule has 0 radical (unpaired) electrons. The van der Waals surface area contributed by atoms with Gasteiger partial charge >= 0.3 is 0 Å². The summed E-state index contributed by atoms with van der Waals surface area (Å²) in [4.78, 5) is 0. The minimum Gasteiger partial charge on any atom is -0.497 e. The average molecular weight is 171 g/mol. The van der Waals surface area contributed by atoms with Crippen molar-refractivity contribution in [1.29, 1.82) is 0 Å². The summed E-state index contributed by atoms with van der Waals surface area (Å²) in [5, 5.41) is 0.0703. The summed E-state index contributed by atoms with van der Waals surface area (Å²) in [6.07, 6.45) is 0. The standard InChI is InChI=1S/C9H11ClO/c1-7(10)8-3-5-9(11-2)6-4-8/h3-7H,1-2H3. The van der Waals surface area contributed by atoms with Crippen molar-refractivity contribution in [3.05, 3.63) is 29.8 Å². The van der Waals surface area contributed by atoms with Crippen LogP contribution in [0.4, 0.5) is 0 Å². The average Bonchev–Trinajstić information content (AvgIpc) is 2.05. The van der Waals surface area contributed by atoms with Crippen molar-refractivity contribution >= 4 is 11.6 Å². The fourth-order valence-electron chi connectivity index (χ4n) is 0.869. The van der Waals surface area contributed by atoms with Gasteiger partial charge in [0.2, 0.25) is 0 Å². The topological polar surface area (TPSA) is 9.23 Å². The largest absolute Gasteiger partial charge is 0.497 e. The lowest BCUT2D eigenvalue weighted by Crippen LogP contribution is -1.85. The van der Waals surface area contributed by atoms with E-state index in [2.05, 4.69) is 0 Å². The van der Waals surface area contributed by atoms with Crippen LogP contribution >= 0.6 is 11.6 Å². The third-order valence-electron chi connectivity index (χ3n) is 1.58. The third kappa shape index (κ3) is 2.12. The molecular formula is C9H11ClO. The Morgan fingerprint density at radius 2 is 1.82 bits per heavy atom. The molecule has 0 aliphatic rings. The van der Waals surface area contributed by atoms with Crippen molar-refractivity contribution in [3.63, 3.8) is 0 Å². The number of methoxy groups -OCH3 is 1. The number of hydrogen-bond acceptors (Lipinski definition) is 1. The molecule has 0 spiro atoms. The monoisotopic (exact) mass is 170 g/mol. The van der Waals surface area contributed by atoms with E-state index < -0.39 is 0 Å². The Morgan fingerprint density at radius 1 is 1.27 bits per heavy atom. The van der Waals surface area contributed by atoms with Crippen LogP contribution in [0, 0.1) is 0 Å². The Morgan fingerprint density at radius 3 is 2.18 bits per heavy atom. The van der Waals surface area contributed by atoms with E-state index >= 15 is 0 Å². The number of ether oxygens (including phenoxy) is 1. The van der Waals surface area contributed by atoms with Crippen LogP contribution in [0.5, 0.6) is 5.75 Å². The van der Waals surface area contributed by atoms with Gasteiger partial charge in [0.05, 0.1) is 12.5 Å². The maximum Gasteiger partial charge on any atom is 0.118 e. The molecule has 0 aromatic heterocycles. The Labute approximate surface area is 71.9 Å². The van der Waals surface area contributed by atoms with E-state index in [-0.39, 0.29) is 5.38 Å². The highest BCUT2D eigenvalue weighted by Crippen LogP contribution is 2.21. The van der Waals surface area contributed by atoms with Crippen molar-refractivity contribution in [2.45, 2.75) is 12.3 Å². The van der Waals surface area contributed by atoms with Gasteiger partial charge in [0.25, 0.3) is 0 Å². The second-order valence-corrected chi connectivity index (χ2v) is 3.04. The lowest BCUT2D eigenvalue weighted by Gasteiger charge is -2.03. The van der Waals surface area contributed by atoms with E-state index in [0.717, 1.165) is 11.3 Å². The SMILES string of the molecule is COc1ccc(C(C)Cl)cc1. The number of rotatable bonds is 2. The molecule has 1 rings (SSSR count). The van der Waals surface area contributed by atoms with Crippen molar-refractivity contribution in [2.75, 3.05) is 7.11 Å². The normalized spacial score (nSPS) is 12.6. The third-order valence-corrected chi connectivity index (χ3v) is 1.83. The van der Waals surface area contributed by atoms with E-state index in [9.17, 15) is 0 Å². The molecule has 1 nitrogen and oxygen atoms in total. The molecule has 1 atom stereocenters. The minimum absolute atomic E-state index is 0.0703. The van der Waals surface area contributed by atoms with Crippen LogP contribution in [0.15, 0.2) is 24.3 Å². The quantitative estimate of drug-likeness (QED) is 0.620. The molecule has 0 aliphatic carbocycles. The minimum atomic E-state index is 0.0703. The Bertz CT molecular complexity index is 216. The fraction of sp³-hybridized carbons (Fsp3) is 0.333. The first-order valence-corrected chi connectivity index (χ1v) is 3.95. The maximum absolute atomic E-state index is 5.86. The summed E-state index contributed by atoms with van der Waals surface area (Å²) in [6, 6.07) is 7.76. The highest BCUT2D eigenvalue weighted by molar-refractivity contribution is 6.20. The van der Waals surface area contributed by atoms with Crippen molar-refractivity contribution in [3.8, 4) is 5.75 Å². The lowest BCUT2D eigenvalue weighted by atomic mass is 10.2. The Hall–Kier alpha value is -0.690. The summed E-state index contributed by atoms with van der Waals surface area (Å²) in [5.74, 6) is 0.867. The zero-order valence-corrected chi connectivity index (χ0v) is 7.43. The van der Waals surface area contributed by atoms with Gasteiger partial charge in [-0.2, -0.15) is 0 Å². The first kappa shape index (κ1) is 8.41. The maximum atomic E-state index is 5.86. The second kappa shape index (κ2) is 3.63. The highest BCUT2D eigenvalue weighted by Gasteiger charge is 1.99. The van der Waals surface area contributed by atoms with Gasteiger partial charge in [-0.1, -0.05) is 12.1 Å². The highest BCUT2D eigenvalue weighted by atomic mass is 35.5. The van der Waals surface area contributed by atoms with Crippen LogP contribution < -0.4 is 4.74 Å². The summed E-state index contributed by atoms with van der Waals surface area (Å²) in [6.45, 7) is 1.95. The molecule has 0 aliphatic heterocycles. The van der Waals surface area contributed by atoms with E-state index in [1.165, 1.54) is 0 Å². The van der Waals surface area contributed by atoms with E-state index in [1.54, 1.807) is 7.11 Å². The zero-order chi connectivity index (χ0) is 8.27. The number of benzene rings is 1. The molecule has 1 unspecified atom stereocenters. The summed E-state index contributed by atoms with van der Waals surface area (Å²) in [7, 11) is 1.65. The second-order valence-electron chi connectivity index (χ2n) is 2.39. The van der Waals surface area contributed by atoms with Crippen LogP contribution in [-0.2, 0) is 0 Å². The smallest absolute Gasteiger partial charge is 0.118 e. The molecule has 2 heteroatoms. The number of halogens is 1. The Balaban J connectivity index is 2.83. The van der Waals surface area contributed by atoms with Crippen LogP contribution in [0.1, 0.15) is 17.9 Å². The first-order chi connectivity index (χ1) is 5.24. The van der Waals surface area contributed by atoms with Gasteiger partial charge in [0.15, 0.2) is 0 Å². The van der Waals surface area contributed by atoms with Gasteiger partial charge in [-0.05, 0) is 24.6 Å². The molecule has 0 fully saturated rings. The van der Waals surface area contributed by atoms with Crippen LogP contribution in [0.3, 0.4) is 0 Å². The van der Waals surface area contributed by atoms with Crippen molar-refractivity contribution in [2.24, 2.45) is 0 Å². The summed E-state index contributed by atoms with van der Waals surface area (Å²) < 4.78 is 5.01. The lowest BCUT2D eigenvalue weighted by molar-refractivity contribution is 0.414. The summed E-state index contributed by atoms with van der Waals surface area (Å²) in [5.41, 5.74) is 1.12. The zero-order valence-electron chi connectivity index (χ0n) is 6.67. The molecule has 0 amide bonds. The van der Waals surface area contributed by atoms with Gasteiger partial charge in [0, 0.05) is 0 Å². The predicted octanol–water partition coefficient (Wildman–Crippen LogP) is 3.00. The van der Waals surface area contributed by atoms with Gasteiger partial charge in [-0.15, -0.1) is 11.6 Å². The number of alkyl halides is 1. The fourth-order valence-corrected chi connectivity index (χ4v) is 1.01. The van der Waals surface area contributed by atoms with Crippen LogP contribution in [0.2, 0.25) is 0 Å². The van der Waals surface area contributed by atoms with Crippen LogP contribution in [-0.4, -0.2) is 7.11 Å². The summed E-state index contributed by atoms with van der Waals surface area (Å²) >= 11 is 5.86. The van der Waals surface area contributed by atoms with E-state index in [4.69, 9.17) is 16.3 Å². The molecule has 1 aromatic rings. The van der Waals surface area contributed by atoms with Gasteiger partial charge in [0.1, 0.15) is 5.75 Å². The van der Waals surface area contributed by atoms with Crippen molar-refractivity contribution < 1.29 is 4.74 Å². The van der Waals surface area contributed by atoms with Gasteiger partial charge in [-0.3, -0.25) is 0 Å². The van der Waals surface area contributed by atoms with Gasteiger partial charge in [-0.25, -0.2) is 0 Å². The first-order valence-electron chi connectivity index (χ1n) is 3.52. The molecule has 0 saturated carbocycles. The van der Waals surface area contributed by atoms with Gasteiger partial charge < -0.3 is 4.74 Å². The molecular weight excluding hydrogens is 160 g/mol. The molecule has 11 heavy (non-hydrogen) atoms. The van der Waals surface area contributed by atoms with E-state index in [1.807, 2.05) is 31.2 Å².